The van der Waals surface area contributed by atoms with E-state index in [4.69, 9.17) is 0 Å². The fourth-order valence-electron chi connectivity index (χ4n) is 2.34. The fraction of sp³-hybridized carbons (Fsp3) is 1.00. The van der Waals surface area contributed by atoms with Gasteiger partial charge in [0.1, 0.15) is 0 Å². The molecule has 0 aromatic carbocycles. The van der Waals surface area contributed by atoms with Gasteiger partial charge in [-0.1, -0.05) is 26.7 Å². The predicted octanol–water partition coefficient (Wildman–Crippen LogP) is 3.06. The van der Waals surface area contributed by atoms with Gasteiger partial charge in [0.05, 0.1) is 0 Å². The van der Waals surface area contributed by atoms with Gasteiger partial charge in [-0.3, -0.25) is 0 Å². The van der Waals surface area contributed by atoms with Gasteiger partial charge in [-0.2, -0.15) is 12.6 Å². The summed E-state index contributed by atoms with van der Waals surface area (Å²) in [6.45, 7) is 5.85. The SMILES string of the molecule is CC(C)C(CS)CN(C)C1CCCC1. The summed E-state index contributed by atoms with van der Waals surface area (Å²) in [6.07, 6.45) is 5.69. The molecule has 1 aliphatic rings. The molecule has 0 radical (unpaired) electrons. The van der Waals surface area contributed by atoms with Crippen molar-refractivity contribution in [2.75, 3.05) is 19.3 Å². The summed E-state index contributed by atoms with van der Waals surface area (Å²) in [5, 5.41) is 0. The van der Waals surface area contributed by atoms with Crippen molar-refractivity contribution in [3.63, 3.8) is 0 Å². The van der Waals surface area contributed by atoms with E-state index in [-0.39, 0.29) is 0 Å². The van der Waals surface area contributed by atoms with E-state index >= 15 is 0 Å². The van der Waals surface area contributed by atoms with Crippen LogP contribution >= 0.6 is 12.6 Å². The molecule has 1 nitrogen and oxygen atoms in total. The fourth-order valence-corrected chi connectivity index (χ4v) is 2.88. The largest absolute Gasteiger partial charge is 0.303 e. The molecule has 0 heterocycles. The zero-order valence-corrected chi connectivity index (χ0v) is 10.8. The summed E-state index contributed by atoms with van der Waals surface area (Å²) >= 11 is 4.45. The summed E-state index contributed by atoms with van der Waals surface area (Å²) in [4.78, 5) is 2.56. The normalized spacial score (nSPS) is 21.0. The molecule has 84 valence electrons. The van der Waals surface area contributed by atoms with E-state index in [9.17, 15) is 0 Å². The van der Waals surface area contributed by atoms with Crippen LogP contribution in [0.5, 0.6) is 0 Å². The summed E-state index contributed by atoms with van der Waals surface area (Å²) in [6, 6.07) is 0.858. The monoisotopic (exact) mass is 215 g/mol. The van der Waals surface area contributed by atoms with Crippen LogP contribution in [-0.2, 0) is 0 Å². The summed E-state index contributed by atoms with van der Waals surface area (Å²) in [7, 11) is 2.29. The third-order valence-corrected chi connectivity index (χ3v) is 4.12. The van der Waals surface area contributed by atoms with E-state index in [1.165, 1.54) is 32.2 Å². The minimum Gasteiger partial charge on any atom is -0.303 e. The van der Waals surface area contributed by atoms with Crippen molar-refractivity contribution in [3.8, 4) is 0 Å². The molecule has 1 unspecified atom stereocenters. The van der Waals surface area contributed by atoms with Crippen LogP contribution < -0.4 is 0 Å². The first-order chi connectivity index (χ1) is 6.65. The molecule has 0 saturated heterocycles. The molecule has 2 heteroatoms. The molecule has 0 bridgehead atoms. The maximum Gasteiger partial charge on any atom is 0.00923 e. The average molecular weight is 215 g/mol. The highest BCUT2D eigenvalue weighted by Gasteiger charge is 2.22. The van der Waals surface area contributed by atoms with Crippen molar-refractivity contribution in [1.29, 1.82) is 0 Å². The van der Waals surface area contributed by atoms with E-state index in [0.717, 1.165) is 23.6 Å². The van der Waals surface area contributed by atoms with Crippen LogP contribution in [0.3, 0.4) is 0 Å². The van der Waals surface area contributed by atoms with Crippen LogP contribution in [0, 0.1) is 11.8 Å². The van der Waals surface area contributed by atoms with Crippen LogP contribution in [0.1, 0.15) is 39.5 Å². The summed E-state index contributed by atoms with van der Waals surface area (Å²) in [5.74, 6) is 2.54. The molecule has 0 aromatic rings. The zero-order valence-electron chi connectivity index (χ0n) is 9.87. The Kier molecular flexibility index (Phi) is 5.32. The molecule has 1 saturated carbocycles. The van der Waals surface area contributed by atoms with Gasteiger partial charge in [0.25, 0.3) is 0 Å². The van der Waals surface area contributed by atoms with Gasteiger partial charge >= 0.3 is 0 Å². The first-order valence-electron chi connectivity index (χ1n) is 5.96. The van der Waals surface area contributed by atoms with E-state index in [2.05, 4.69) is 38.4 Å². The van der Waals surface area contributed by atoms with Gasteiger partial charge in [0.15, 0.2) is 0 Å². The topological polar surface area (TPSA) is 3.24 Å². The highest BCUT2D eigenvalue weighted by Crippen LogP contribution is 2.24. The Balaban J connectivity index is 2.33. The Bertz CT molecular complexity index is 152. The molecule has 1 fully saturated rings. The van der Waals surface area contributed by atoms with E-state index in [0.29, 0.717) is 0 Å². The molecule has 0 amide bonds. The zero-order chi connectivity index (χ0) is 10.6. The molecule has 1 rings (SSSR count). The van der Waals surface area contributed by atoms with Gasteiger partial charge in [0.2, 0.25) is 0 Å². The standard InChI is InChI=1S/C12H25NS/c1-10(2)11(9-14)8-13(3)12-6-4-5-7-12/h10-12,14H,4-9H2,1-3H3. The van der Waals surface area contributed by atoms with Gasteiger partial charge in [-0.15, -0.1) is 0 Å². The van der Waals surface area contributed by atoms with Gasteiger partial charge < -0.3 is 4.90 Å². The predicted molar refractivity (Wildman–Crippen MR) is 67.1 cm³/mol. The van der Waals surface area contributed by atoms with Crippen LogP contribution in [-0.4, -0.2) is 30.3 Å². The van der Waals surface area contributed by atoms with E-state index in [1.807, 2.05) is 0 Å². The minimum atomic E-state index is 0.754. The van der Waals surface area contributed by atoms with Gasteiger partial charge in [-0.25, -0.2) is 0 Å². The second-order valence-corrected chi connectivity index (χ2v) is 5.43. The quantitative estimate of drug-likeness (QED) is 0.690. The van der Waals surface area contributed by atoms with E-state index < -0.39 is 0 Å². The summed E-state index contributed by atoms with van der Waals surface area (Å²) < 4.78 is 0. The Morgan fingerprint density at radius 1 is 1.29 bits per heavy atom. The number of hydrogen-bond acceptors (Lipinski definition) is 2. The smallest absolute Gasteiger partial charge is 0.00923 e. The summed E-state index contributed by atoms with van der Waals surface area (Å²) in [5.41, 5.74) is 0. The minimum absolute atomic E-state index is 0.754. The van der Waals surface area contributed by atoms with Crippen LogP contribution in [0.15, 0.2) is 0 Å². The van der Waals surface area contributed by atoms with Crippen molar-refractivity contribution < 1.29 is 0 Å². The molecule has 0 spiro atoms. The maximum atomic E-state index is 4.45. The molecule has 0 N–H and O–H groups in total. The molecule has 0 aliphatic heterocycles. The second kappa shape index (κ2) is 6.02. The Labute approximate surface area is 94.7 Å². The average Bonchev–Trinajstić information content (AvgIpc) is 2.65. The van der Waals surface area contributed by atoms with Gasteiger partial charge in [0, 0.05) is 12.6 Å². The highest BCUT2D eigenvalue weighted by atomic mass is 32.1. The number of hydrogen-bond donors (Lipinski definition) is 1. The number of rotatable bonds is 5. The van der Waals surface area contributed by atoms with Gasteiger partial charge in [-0.05, 0) is 37.5 Å². The van der Waals surface area contributed by atoms with Crippen LogP contribution in [0.2, 0.25) is 0 Å². The molecule has 0 aromatic heterocycles. The maximum absolute atomic E-state index is 4.45. The van der Waals surface area contributed by atoms with Crippen molar-refractivity contribution in [1.82, 2.24) is 4.90 Å². The van der Waals surface area contributed by atoms with Crippen molar-refractivity contribution in [3.05, 3.63) is 0 Å². The Hall–Kier alpha value is 0.310. The van der Waals surface area contributed by atoms with E-state index in [1.54, 1.807) is 0 Å². The van der Waals surface area contributed by atoms with Crippen molar-refractivity contribution in [2.45, 2.75) is 45.6 Å². The molecule has 1 atom stereocenters. The van der Waals surface area contributed by atoms with Crippen molar-refractivity contribution >= 4 is 12.6 Å². The Morgan fingerprint density at radius 3 is 2.29 bits per heavy atom. The third kappa shape index (κ3) is 3.47. The first kappa shape index (κ1) is 12.4. The lowest BCUT2D eigenvalue weighted by atomic mass is 9.97. The highest BCUT2D eigenvalue weighted by molar-refractivity contribution is 7.80. The molecule has 1 aliphatic carbocycles. The molecular weight excluding hydrogens is 190 g/mol. The Morgan fingerprint density at radius 2 is 1.86 bits per heavy atom. The lowest BCUT2D eigenvalue weighted by molar-refractivity contribution is 0.195. The lowest BCUT2D eigenvalue weighted by Crippen LogP contribution is -2.36. The third-order valence-electron chi connectivity index (χ3n) is 3.65. The van der Waals surface area contributed by atoms with Crippen LogP contribution in [0.25, 0.3) is 0 Å². The first-order valence-corrected chi connectivity index (χ1v) is 6.59. The molecular formula is C12H25NS. The second-order valence-electron chi connectivity index (χ2n) is 5.06. The van der Waals surface area contributed by atoms with Crippen LogP contribution in [0.4, 0.5) is 0 Å². The molecule has 14 heavy (non-hydrogen) atoms. The number of thiol groups is 1. The lowest BCUT2D eigenvalue weighted by Gasteiger charge is -2.30. The number of nitrogens with zero attached hydrogens (tertiary/aromatic N) is 1. The van der Waals surface area contributed by atoms with Crippen molar-refractivity contribution in [2.24, 2.45) is 11.8 Å².